The van der Waals surface area contributed by atoms with Crippen LogP contribution in [0.2, 0.25) is 0 Å². The Morgan fingerprint density at radius 3 is 2.76 bits per heavy atom. The Labute approximate surface area is 117 Å². The fraction of sp³-hybridized carbons (Fsp3) is 0.429. The first-order chi connectivity index (χ1) is 8.22. The second-order valence-corrected chi connectivity index (χ2v) is 5.57. The number of anilines is 1. The minimum Gasteiger partial charge on any atom is -0.369 e. The highest BCUT2D eigenvalue weighted by Gasteiger charge is 2.14. The average Bonchev–Trinajstić information content (AvgIpc) is 2.35. The van der Waals surface area contributed by atoms with Crippen molar-refractivity contribution in [1.29, 1.82) is 0 Å². The van der Waals surface area contributed by atoms with Crippen LogP contribution in [0.5, 0.6) is 0 Å². The molecule has 0 atom stereocenters. The number of nitrogens with one attached hydrogen (secondary N) is 1. The van der Waals surface area contributed by atoms with E-state index in [0.717, 1.165) is 32.6 Å². The van der Waals surface area contributed by atoms with Crippen molar-refractivity contribution >= 4 is 28.3 Å². The fourth-order valence-corrected chi connectivity index (χ4v) is 2.92. The number of hydrogen-bond acceptors (Lipinski definition) is 2. The van der Waals surface area contributed by atoms with Crippen LogP contribution in [-0.4, -0.2) is 26.2 Å². The molecule has 0 spiro atoms. The Morgan fingerprint density at radius 2 is 2.12 bits per heavy atom. The quantitative estimate of drug-likeness (QED) is 0.656. The third-order valence-electron chi connectivity index (χ3n) is 3.20. The molecule has 0 bridgehead atoms. The maximum Gasteiger partial charge on any atom is 0.0410 e. The van der Waals surface area contributed by atoms with Gasteiger partial charge in [-0.3, -0.25) is 0 Å². The summed E-state index contributed by atoms with van der Waals surface area (Å²) >= 11 is 2.37. The molecule has 2 nitrogen and oxygen atoms in total. The highest BCUT2D eigenvalue weighted by molar-refractivity contribution is 14.1. The van der Waals surface area contributed by atoms with E-state index < -0.39 is 0 Å². The van der Waals surface area contributed by atoms with E-state index in [9.17, 15) is 0 Å². The first-order valence-electron chi connectivity index (χ1n) is 5.90. The van der Waals surface area contributed by atoms with Crippen molar-refractivity contribution in [2.45, 2.75) is 13.3 Å². The zero-order valence-electron chi connectivity index (χ0n) is 10.1. The van der Waals surface area contributed by atoms with Gasteiger partial charge in [-0.15, -0.1) is 12.3 Å². The summed E-state index contributed by atoms with van der Waals surface area (Å²) < 4.78 is 1.27. The van der Waals surface area contributed by atoms with E-state index in [4.69, 9.17) is 6.42 Å². The monoisotopic (exact) mass is 340 g/mol. The third-order valence-corrected chi connectivity index (χ3v) is 3.83. The van der Waals surface area contributed by atoms with Crippen molar-refractivity contribution in [1.82, 2.24) is 5.32 Å². The zero-order valence-corrected chi connectivity index (χ0v) is 12.3. The van der Waals surface area contributed by atoms with Gasteiger partial charge < -0.3 is 10.2 Å². The van der Waals surface area contributed by atoms with Crippen LogP contribution < -0.4 is 10.2 Å². The van der Waals surface area contributed by atoms with E-state index in [1.165, 1.54) is 20.4 Å². The molecule has 0 unspecified atom stereocenters. The van der Waals surface area contributed by atoms with E-state index in [-0.39, 0.29) is 0 Å². The lowest BCUT2D eigenvalue weighted by Crippen LogP contribution is -2.43. The SMILES string of the molecule is C#CCc1cc(I)cc(N2CCNCC2)c1C. The van der Waals surface area contributed by atoms with Crippen LogP contribution in [0.3, 0.4) is 0 Å². The van der Waals surface area contributed by atoms with Crippen molar-refractivity contribution in [3.63, 3.8) is 0 Å². The molecular weight excluding hydrogens is 323 g/mol. The van der Waals surface area contributed by atoms with Gasteiger partial charge in [0.2, 0.25) is 0 Å². The largest absolute Gasteiger partial charge is 0.369 e. The van der Waals surface area contributed by atoms with Crippen molar-refractivity contribution in [2.75, 3.05) is 31.1 Å². The molecule has 1 aromatic carbocycles. The molecule has 17 heavy (non-hydrogen) atoms. The van der Waals surface area contributed by atoms with E-state index in [1.807, 2.05) is 0 Å². The minimum atomic E-state index is 0.724. The Bertz CT molecular complexity index is 442. The van der Waals surface area contributed by atoms with Gasteiger partial charge in [-0.1, -0.05) is 0 Å². The summed E-state index contributed by atoms with van der Waals surface area (Å²) in [5.74, 6) is 2.75. The van der Waals surface area contributed by atoms with Crippen LogP contribution in [-0.2, 0) is 6.42 Å². The number of hydrogen-bond donors (Lipinski definition) is 1. The maximum atomic E-state index is 5.43. The number of benzene rings is 1. The van der Waals surface area contributed by atoms with Gasteiger partial charge in [0.1, 0.15) is 0 Å². The van der Waals surface area contributed by atoms with Gasteiger partial charge in [0.25, 0.3) is 0 Å². The predicted octanol–water partition coefficient (Wildman–Crippen LogP) is 2.18. The van der Waals surface area contributed by atoms with Gasteiger partial charge >= 0.3 is 0 Å². The van der Waals surface area contributed by atoms with E-state index in [1.54, 1.807) is 0 Å². The first-order valence-corrected chi connectivity index (χ1v) is 6.98. The summed E-state index contributed by atoms with van der Waals surface area (Å²) in [7, 11) is 0. The molecular formula is C14H17IN2. The number of terminal acetylenes is 1. The average molecular weight is 340 g/mol. The third kappa shape index (κ3) is 2.93. The van der Waals surface area contributed by atoms with Crippen LogP contribution in [0.1, 0.15) is 11.1 Å². The standard InChI is InChI=1S/C14H17IN2/c1-3-4-12-9-13(15)10-14(11(12)2)17-7-5-16-6-8-17/h1,9-10,16H,4-8H2,2H3. The summed E-state index contributed by atoms with van der Waals surface area (Å²) in [6.45, 7) is 6.47. The van der Waals surface area contributed by atoms with Crippen molar-refractivity contribution < 1.29 is 0 Å². The number of rotatable bonds is 2. The van der Waals surface area contributed by atoms with Gasteiger partial charge in [0.05, 0.1) is 0 Å². The van der Waals surface area contributed by atoms with E-state index in [2.05, 4.69) is 57.8 Å². The lowest BCUT2D eigenvalue weighted by atomic mass is 10.0. The van der Waals surface area contributed by atoms with Gasteiger partial charge in [0, 0.05) is 41.9 Å². The lowest BCUT2D eigenvalue weighted by molar-refractivity contribution is 0.588. The minimum absolute atomic E-state index is 0.724. The Hall–Kier alpha value is -0.730. The van der Waals surface area contributed by atoms with Gasteiger partial charge in [-0.25, -0.2) is 0 Å². The molecule has 90 valence electrons. The summed E-state index contributed by atoms with van der Waals surface area (Å²) in [6.07, 6.45) is 6.16. The molecule has 0 aromatic heterocycles. The summed E-state index contributed by atoms with van der Waals surface area (Å²) in [5, 5.41) is 3.38. The lowest BCUT2D eigenvalue weighted by Gasteiger charge is -2.31. The summed E-state index contributed by atoms with van der Waals surface area (Å²) in [4.78, 5) is 2.45. The van der Waals surface area contributed by atoms with Crippen molar-refractivity contribution in [3.05, 3.63) is 26.8 Å². The molecule has 0 aliphatic carbocycles. The van der Waals surface area contributed by atoms with Crippen LogP contribution in [0, 0.1) is 22.8 Å². The molecule has 1 N–H and O–H groups in total. The molecule has 2 rings (SSSR count). The highest BCUT2D eigenvalue weighted by Crippen LogP contribution is 2.27. The molecule has 1 aliphatic rings. The van der Waals surface area contributed by atoms with E-state index in [0.29, 0.717) is 0 Å². The Balaban J connectivity index is 2.35. The fourth-order valence-electron chi connectivity index (χ4n) is 2.25. The molecule has 1 fully saturated rings. The van der Waals surface area contributed by atoms with Crippen LogP contribution >= 0.6 is 22.6 Å². The summed E-state index contributed by atoms with van der Waals surface area (Å²) in [6, 6.07) is 4.46. The first kappa shape index (κ1) is 12.7. The topological polar surface area (TPSA) is 15.3 Å². The van der Waals surface area contributed by atoms with Crippen molar-refractivity contribution in [2.24, 2.45) is 0 Å². The molecule has 3 heteroatoms. The molecule has 0 saturated carbocycles. The van der Waals surface area contributed by atoms with Crippen LogP contribution in [0.4, 0.5) is 5.69 Å². The Kier molecular flexibility index (Phi) is 4.30. The molecule has 1 aromatic rings. The molecule has 1 aliphatic heterocycles. The van der Waals surface area contributed by atoms with Gasteiger partial charge in [0.15, 0.2) is 0 Å². The van der Waals surface area contributed by atoms with Crippen LogP contribution in [0.25, 0.3) is 0 Å². The Morgan fingerprint density at radius 1 is 1.41 bits per heavy atom. The number of piperazine rings is 1. The van der Waals surface area contributed by atoms with Gasteiger partial charge in [-0.05, 0) is 52.8 Å². The van der Waals surface area contributed by atoms with Gasteiger partial charge in [-0.2, -0.15) is 0 Å². The smallest absolute Gasteiger partial charge is 0.0410 e. The van der Waals surface area contributed by atoms with Crippen LogP contribution in [0.15, 0.2) is 12.1 Å². The highest BCUT2D eigenvalue weighted by atomic mass is 127. The number of nitrogens with zero attached hydrogens (tertiary/aromatic N) is 1. The zero-order chi connectivity index (χ0) is 12.3. The maximum absolute atomic E-state index is 5.43. The number of halogens is 1. The second-order valence-electron chi connectivity index (χ2n) is 4.33. The molecule has 0 radical (unpaired) electrons. The van der Waals surface area contributed by atoms with Crippen molar-refractivity contribution in [3.8, 4) is 12.3 Å². The molecule has 0 amide bonds. The molecule has 1 heterocycles. The second kappa shape index (κ2) is 5.74. The predicted molar refractivity (Wildman–Crippen MR) is 81.5 cm³/mol. The summed E-state index contributed by atoms with van der Waals surface area (Å²) in [5.41, 5.74) is 3.97. The molecule has 1 saturated heterocycles. The van der Waals surface area contributed by atoms with E-state index >= 15 is 0 Å². The normalized spacial score (nSPS) is 15.7.